The average molecular weight is 1380 g/mol. The lowest BCUT2D eigenvalue weighted by atomic mass is 9.98. The zero-order valence-corrected chi connectivity index (χ0v) is 60.5. The maximum absolute atomic E-state index is 2.27. The van der Waals surface area contributed by atoms with E-state index in [9.17, 15) is 0 Å². The summed E-state index contributed by atoms with van der Waals surface area (Å²) in [6.07, 6.45) is 0. The summed E-state index contributed by atoms with van der Waals surface area (Å²) in [5.74, 6) is 0. The van der Waals surface area contributed by atoms with Gasteiger partial charge in [-0.15, -0.1) is 0 Å². The third-order valence-electron chi connectivity index (χ3n) is 18.5. The van der Waals surface area contributed by atoms with E-state index in [0.717, 1.165) is 0 Å². The van der Waals surface area contributed by atoms with Gasteiger partial charge in [0.2, 0.25) is 0 Å². The van der Waals surface area contributed by atoms with Gasteiger partial charge >= 0.3 is 0 Å². The summed E-state index contributed by atoms with van der Waals surface area (Å²) >= 11 is 0. The third-order valence-corrected chi connectivity index (χ3v) is 18.5. The van der Waals surface area contributed by atoms with Crippen LogP contribution < -0.4 is 0 Å². The Hall–Kier alpha value is -14.0. The van der Waals surface area contributed by atoms with Crippen LogP contribution in [-0.4, -0.2) is 0 Å². The molecule has 0 aliphatic rings. The quantitative estimate of drug-likeness (QED) is 0.146. The normalized spacial score (nSPS) is 10.2. The van der Waals surface area contributed by atoms with E-state index in [-0.39, 0.29) is 0 Å². The summed E-state index contributed by atoms with van der Waals surface area (Å²) in [6, 6.07) is 177. The Labute approximate surface area is 636 Å². The molecule has 0 aliphatic carbocycles. The minimum Gasteiger partial charge on any atom is -0.0623 e. The second-order valence-electron chi connectivity index (χ2n) is 25.9. The molecule has 516 valence electrons. The Morgan fingerprint density at radius 2 is 0.157 bits per heavy atom. The molecule has 0 aromatic heterocycles. The molecule has 0 aliphatic heterocycles. The first-order valence-corrected chi connectivity index (χ1v) is 36.9. The largest absolute Gasteiger partial charge is 0.0623 e. The second-order valence-corrected chi connectivity index (χ2v) is 25.9. The molecule has 0 nitrogen and oxygen atoms in total. The first-order chi connectivity index (χ1) is 53.6. The number of benzene rings is 20. The molecule has 108 heavy (non-hydrogen) atoms. The number of hydrogen-bond donors (Lipinski definition) is 0. The topological polar surface area (TPSA) is 0 Å². The minimum atomic E-state index is 1.24. The Bertz CT molecular complexity index is 5380. The molecule has 0 saturated heterocycles. The van der Waals surface area contributed by atoms with Gasteiger partial charge in [0.1, 0.15) is 0 Å². The van der Waals surface area contributed by atoms with E-state index in [1.165, 1.54) is 131 Å². The van der Waals surface area contributed by atoms with Crippen LogP contribution in [0, 0.1) is 0 Å². The van der Waals surface area contributed by atoms with Gasteiger partial charge in [0.25, 0.3) is 0 Å². The molecule has 0 bridgehead atoms. The van der Waals surface area contributed by atoms with Crippen LogP contribution >= 0.6 is 0 Å². The molecule has 0 amide bonds. The van der Waals surface area contributed by atoms with Crippen LogP contribution in [0.1, 0.15) is 0 Å². The smallest absolute Gasteiger partial charge is 0.0171 e. The number of hydrogen-bond acceptors (Lipinski definition) is 0. The summed E-state index contributed by atoms with van der Waals surface area (Å²) in [5, 5.41) is 15.7. The van der Waals surface area contributed by atoms with Crippen LogP contribution in [0.5, 0.6) is 0 Å². The standard InChI is InChI=1S/C24H18.C18H12.C18H14.C14H10.C12H10.C10H8.2C6H6/c1-3-7-19(8-4-1)21-11-15-23(16-12-21)24-17-13-22(14-18-24)20-9-5-2-6-10-20;1-2-6-14-10-18-12-16-8-4-3-7-15(16)11-17(18)9-13(14)5-1;1-3-7-15(8-4-1)17-11-13-18(14-12-17)16-9-5-2-6-10-16;1-2-6-12-10-14-8-4-3-7-13(14)9-11(12)5-1;1-3-7-11(8-4-1)12-9-5-2-6-10-12;1-2-6-10-8-4-3-7-9(10)5-1;2*1-2-4-6-5-3-1/h1-18H;1-12H;1-14H;1-10H;1-10H;1-8H;2*1-6H. The summed E-state index contributed by atoms with van der Waals surface area (Å²) in [6.45, 7) is 0. The lowest BCUT2D eigenvalue weighted by Crippen LogP contribution is -1.81. The molecular formula is C108H84. The van der Waals surface area contributed by atoms with Gasteiger partial charge in [0, 0.05) is 0 Å². The molecule has 0 atom stereocenters. The van der Waals surface area contributed by atoms with Crippen LogP contribution in [0.25, 0.3) is 131 Å². The van der Waals surface area contributed by atoms with Crippen LogP contribution in [0.2, 0.25) is 0 Å². The van der Waals surface area contributed by atoms with Gasteiger partial charge in [-0.2, -0.15) is 0 Å². The molecule has 0 spiro atoms. The maximum atomic E-state index is 2.27. The van der Waals surface area contributed by atoms with E-state index in [4.69, 9.17) is 0 Å². The summed E-state index contributed by atoms with van der Waals surface area (Å²) in [4.78, 5) is 0. The Morgan fingerprint density at radius 3 is 0.296 bits per heavy atom. The monoisotopic (exact) mass is 1380 g/mol. The van der Waals surface area contributed by atoms with E-state index in [0.29, 0.717) is 0 Å². The number of fused-ring (bicyclic) bond motifs is 6. The Morgan fingerprint density at radius 1 is 0.0648 bits per heavy atom. The van der Waals surface area contributed by atoms with Gasteiger partial charge in [0.05, 0.1) is 0 Å². The van der Waals surface area contributed by atoms with E-state index in [1.807, 2.05) is 109 Å². The molecule has 0 radical (unpaired) electrons. The molecule has 20 aromatic rings. The fraction of sp³-hybridized carbons (Fsp3) is 0. The maximum Gasteiger partial charge on any atom is -0.0171 e. The number of rotatable bonds is 6. The zero-order valence-electron chi connectivity index (χ0n) is 60.5. The van der Waals surface area contributed by atoms with Crippen molar-refractivity contribution in [2.24, 2.45) is 0 Å². The predicted molar refractivity (Wildman–Crippen MR) is 469 cm³/mol. The van der Waals surface area contributed by atoms with Gasteiger partial charge in [-0.05, 0) is 168 Å². The molecular weight excluding hydrogens is 1300 g/mol. The molecule has 0 heterocycles. The predicted octanol–water partition coefficient (Wildman–Crippen LogP) is 30.4. The SMILES string of the molecule is c1ccc(-c2ccc(-c3ccc(-c4ccccc4)cc3)cc2)cc1.c1ccc(-c2ccc(-c3ccccc3)cc2)cc1.c1ccc(-c2ccccc2)cc1.c1ccc2cc3cc4ccccc4cc3cc2c1.c1ccc2cc3ccccc3cc2c1.c1ccc2ccccc2c1.c1ccccc1.c1ccccc1. The van der Waals surface area contributed by atoms with Gasteiger partial charge in [0.15, 0.2) is 0 Å². The molecule has 20 aromatic carbocycles. The average Bonchev–Trinajstić information content (AvgIpc) is 0.787. The molecule has 0 fully saturated rings. The lowest BCUT2D eigenvalue weighted by Gasteiger charge is -2.07. The highest BCUT2D eigenvalue weighted by molar-refractivity contribution is 6.05. The highest BCUT2D eigenvalue weighted by Gasteiger charge is 2.05. The van der Waals surface area contributed by atoms with E-state index in [1.54, 1.807) is 0 Å². The van der Waals surface area contributed by atoms with Crippen molar-refractivity contribution in [3.63, 3.8) is 0 Å². The van der Waals surface area contributed by atoms with Crippen molar-refractivity contribution >= 4 is 64.6 Å². The van der Waals surface area contributed by atoms with Crippen LogP contribution in [0.3, 0.4) is 0 Å². The van der Waals surface area contributed by atoms with Crippen molar-refractivity contribution in [2.75, 3.05) is 0 Å². The lowest BCUT2D eigenvalue weighted by molar-refractivity contribution is 1.58. The van der Waals surface area contributed by atoms with Gasteiger partial charge in [-0.25, -0.2) is 0 Å². The zero-order chi connectivity index (χ0) is 73.3. The van der Waals surface area contributed by atoms with Crippen molar-refractivity contribution < 1.29 is 0 Å². The first-order valence-electron chi connectivity index (χ1n) is 36.9. The van der Waals surface area contributed by atoms with E-state index < -0.39 is 0 Å². The van der Waals surface area contributed by atoms with Crippen molar-refractivity contribution in [1.82, 2.24) is 0 Å². The van der Waals surface area contributed by atoms with Crippen LogP contribution in [-0.2, 0) is 0 Å². The third kappa shape index (κ3) is 21.1. The summed E-state index contributed by atoms with van der Waals surface area (Å²) in [5.41, 5.74) is 15.1. The molecule has 0 saturated carbocycles. The summed E-state index contributed by atoms with van der Waals surface area (Å²) < 4.78 is 0. The molecule has 0 heteroatoms. The van der Waals surface area contributed by atoms with E-state index in [2.05, 4.69) is 400 Å². The fourth-order valence-corrected chi connectivity index (χ4v) is 12.8. The van der Waals surface area contributed by atoms with Crippen LogP contribution in [0.15, 0.2) is 510 Å². The molecule has 0 unspecified atom stereocenters. The molecule has 20 rings (SSSR count). The Balaban J connectivity index is 0.000000113. The van der Waals surface area contributed by atoms with Crippen molar-refractivity contribution in [2.45, 2.75) is 0 Å². The first kappa shape index (κ1) is 72.3. The highest BCUT2D eigenvalue weighted by Crippen LogP contribution is 2.31. The van der Waals surface area contributed by atoms with Crippen molar-refractivity contribution in [3.05, 3.63) is 510 Å². The van der Waals surface area contributed by atoms with E-state index >= 15 is 0 Å². The van der Waals surface area contributed by atoms with Gasteiger partial charge in [-0.1, -0.05) is 473 Å². The van der Waals surface area contributed by atoms with Crippen LogP contribution in [0.4, 0.5) is 0 Å². The van der Waals surface area contributed by atoms with Gasteiger partial charge < -0.3 is 0 Å². The highest BCUT2D eigenvalue weighted by atomic mass is 14.1. The Kier molecular flexibility index (Phi) is 26.1. The minimum absolute atomic E-state index is 1.24. The van der Waals surface area contributed by atoms with Gasteiger partial charge in [-0.3, -0.25) is 0 Å². The summed E-state index contributed by atoms with van der Waals surface area (Å²) in [7, 11) is 0. The molecule has 0 N–H and O–H groups in total. The fourth-order valence-electron chi connectivity index (χ4n) is 12.8. The van der Waals surface area contributed by atoms with Crippen molar-refractivity contribution in [3.8, 4) is 66.8 Å². The second kappa shape index (κ2) is 39.0. The van der Waals surface area contributed by atoms with Crippen molar-refractivity contribution in [1.29, 1.82) is 0 Å².